The van der Waals surface area contributed by atoms with Crippen molar-refractivity contribution in [3.8, 4) is 0 Å². The highest BCUT2D eigenvalue weighted by molar-refractivity contribution is 6.30. The second kappa shape index (κ2) is 13.9. The molecular weight excluding hydrogens is 525 g/mol. The van der Waals surface area contributed by atoms with Gasteiger partial charge in [-0.25, -0.2) is 14.0 Å². The topological polar surface area (TPSA) is 170 Å². The number of hydrogen-bond donors (Lipinski definition) is 3. The summed E-state index contributed by atoms with van der Waals surface area (Å²) in [6.45, 7) is 4.31. The van der Waals surface area contributed by atoms with E-state index in [1.54, 1.807) is 26.8 Å². The van der Waals surface area contributed by atoms with Gasteiger partial charge in [0.25, 0.3) is 0 Å². The number of halogens is 2. The van der Waals surface area contributed by atoms with Gasteiger partial charge >= 0.3 is 12.1 Å². The van der Waals surface area contributed by atoms with E-state index in [1.807, 2.05) is 0 Å². The number of guanidine groups is 1. The zero-order valence-corrected chi connectivity index (χ0v) is 22.0. The molecule has 0 fully saturated rings. The molecule has 3 amide bonds. The maximum atomic E-state index is 14.1. The van der Waals surface area contributed by atoms with Crippen molar-refractivity contribution in [2.75, 3.05) is 20.3 Å². The Bertz CT molecular complexity index is 1220. The number of aromatic nitrogens is 2. The monoisotopic (exact) mass is 553 g/mol. The summed E-state index contributed by atoms with van der Waals surface area (Å²) >= 11 is 5.76. The standard InChI is InChI=1S/C23H29ClFN7O6/c1-5-38-21(35)15-10-31(30-20(15)28-22(26)29-23(36)37-4)12-18(34)32(13(2)3)11-17(33)27-9-14-7-6-8-16(24)19(14)25/h6-8,10,13H,5,9,11-12H2,1-4H3,(H,27,33)(H3,26,28,29,30,36). The average molecular weight is 554 g/mol. The van der Waals surface area contributed by atoms with Gasteiger partial charge in [0.15, 0.2) is 5.82 Å². The van der Waals surface area contributed by atoms with Crippen molar-refractivity contribution in [1.82, 2.24) is 25.3 Å². The second-order valence-corrected chi connectivity index (χ2v) is 8.41. The number of nitrogens with two attached hydrogens (primary N) is 1. The Hall–Kier alpha value is -4.20. The van der Waals surface area contributed by atoms with Crippen molar-refractivity contribution >= 4 is 47.3 Å². The van der Waals surface area contributed by atoms with Crippen molar-refractivity contribution in [3.05, 3.63) is 46.4 Å². The Kier molecular flexibility index (Phi) is 11.0. The normalized spacial score (nSPS) is 11.2. The molecule has 15 heteroatoms. The van der Waals surface area contributed by atoms with Gasteiger partial charge in [0.1, 0.15) is 17.9 Å². The van der Waals surface area contributed by atoms with E-state index in [-0.39, 0.29) is 54.3 Å². The smallest absolute Gasteiger partial charge is 0.413 e. The number of ether oxygens (including phenoxy) is 2. The summed E-state index contributed by atoms with van der Waals surface area (Å²) in [5.41, 5.74) is 5.75. The van der Waals surface area contributed by atoms with Crippen LogP contribution in [0.25, 0.3) is 0 Å². The number of alkyl carbamates (subject to hydrolysis) is 1. The highest BCUT2D eigenvalue weighted by Gasteiger charge is 2.24. The van der Waals surface area contributed by atoms with E-state index in [9.17, 15) is 23.6 Å². The third kappa shape index (κ3) is 8.44. The molecule has 1 aromatic carbocycles. The Morgan fingerprint density at radius 3 is 2.63 bits per heavy atom. The predicted octanol–water partition coefficient (Wildman–Crippen LogP) is 1.71. The summed E-state index contributed by atoms with van der Waals surface area (Å²) in [4.78, 5) is 54.5. The fourth-order valence-electron chi connectivity index (χ4n) is 3.10. The number of nitrogens with zero attached hydrogens (tertiary/aromatic N) is 4. The molecule has 0 saturated heterocycles. The van der Waals surface area contributed by atoms with Gasteiger partial charge in [-0.05, 0) is 26.8 Å². The number of aliphatic imine (C=N–C) groups is 1. The third-order valence-corrected chi connectivity index (χ3v) is 5.23. The van der Waals surface area contributed by atoms with Crippen LogP contribution in [0.1, 0.15) is 36.7 Å². The van der Waals surface area contributed by atoms with Crippen molar-refractivity contribution in [2.45, 2.75) is 39.9 Å². The van der Waals surface area contributed by atoms with Gasteiger partial charge in [-0.3, -0.25) is 19.6 Å². The number of hydrogen-bond acceptors (Lipinski definition) is 8. The van der Waals surface area contributed by atoms with E-state index in [1.165, 1.54) is 23.2 Å². The maximum absolute atomic E-state index is 14.1. The summed E-state index contributed by atoms with van der Waals surface area (Å²) in [6, 6.07) is 4.06. The number of esters is 1. The molecule has 0 saturated carbocycles. The van der Waals surface area contributed by atoms with Crippen molar-refractivity contribution < 1.29 is 33.0 Å². The zero-order chi connectivity index (χ0) is 28.4. The molecule has 0 atom stereocenters. The molecule has 0 aliphatic rings. The molecule has 1 heterocycles. The molecule has 0 aliphatic heterocycles. The van der Waals surface area contributed by atoms with Gasteiger partial charge in [-0.15, -0.1) is 0 Å². The van der Waals surface area contributed by atoms with Crippen LogP contribution in [-0.2, 0) is 32.2 Å². The molecule has 13 nitrogen and oxygen atoms in total. The zero-order valence-electron chi connectivity index (χ0n) is 21.3. The molecule has 0 unspecified atom stereocenters. The lowest BCUT2D eigenvalue weighted by atomic mass is 10.2. The first-order valence-corrected chi connectivity index (χ1v) is 11.8. The van der Waals surface area contributed by atoms with Crippen LogP contribution in [0, 0.1) is 5.82 Å². The molecule has 0 bridgehead atoms. The number of nitrogens with one attached hydrogen (secondary N) is 2. The van der Waals surface area contributed by atoms with Crippen molar-refractivity contribution in [3.63, 3.8) is 0 Å². The van der Waals surface area contributed by atoms with Gasteiger partial charge in [-0.2, -0.15) is 10.1 Å². The lowest BCUT2D eigenvalue weighted by Crippen LogP contribution is -2.45. The molecule has 2 aromatic rings. The van der Waals surface area contributed by atoms with Gasteiger partial charge in [-0.1, -0.05) is 23.7 Å². The van der Waals surface area contributed by atoms with Crippen molar-refractivity contribution in [2.24, 2.45) is 10.7 Å². The summed E-state index contributed by atoms with van der Waals surface area (Å²) in [7, 11) is 1.13. The fraction of sp³-hybridized carbons (Fsp3) is 0.391. The minimum Gasteiger partial charge on any atom is -0.462 e. The number of benzene rings is 1. The maximum Gasteiger partial charge on any atom is 0.413 e. The van der Waals surface area contributed by atoms with Crippen LogP contribution in [-0.4, -0.2) is 70.8 Å². The van der Waals surface area contributed by atoms with E-state index < -0.39 is 35.7 Å². The number of rotatable bonds is 10. The minimum atomic E-state index is -0.887. The largest absolute Gasteiger partial charge is 0.462 e. The number of carbonyl (C=O) groups is 4. The highest BCUT2D eigenvalue weighted by Crippen LogP contribution is 2.19. The summed E-state index contributed by atoms with van der Waals surface area (Å²) in [5.74, 6) is -3.05. The van der Waals surface area contributed by atoms with Gasteiger partial charge in [0.05, 0.1) is 25.3 Å². The van der Waals surface area contributed by atoms with E-state index >= 15 is 0 Å². The van der Waals surface area contributed by atoms with Crippen LogP contribution in [0.4, 0.5) is 15.0 Å². The quantitative estimate of drug-likeness (QED) is 0.227. The van der Waals surface area contributed by atoms with E-state index in [4.69, 9.17) is 22.1 Å². The number of methoxy groups -OCH3 is 1. The molecule has 1 aromatic heterocycles. The van der Waals surface area contributed by atoms with E-state index in [0.29, 0.717) is 0 Å². The number of carbonyl (C=O) groups excluding carboxylic acids is 4. The third-order valence-electron chi connectivity index (χ3n) is 4.94. The molecule has 2 rings (SSSR count). The van der Waals surface area contributed by atoms with E-state index in [0.717, 1.165) is 11.8 Å². The molecule has 0 radical (unpaired) electrons. The predicted molar refractivity (Wildman–Crippen MR) is 135 cm³/mol. The van der Waals surface area contributed by atoms with Gasteiger partial charge in [0.2, 0.25) is 17.8 Å². The lowest BCUT2D eigenvalue weighted by Gasteiger charge is -2.26. The highest BCUT2D eigenvalue weighted by atomic mass is 35.5. The summed E-state index contributed by atoms with van der Waals surface area (Å²) in [6.07, 6.45) is 0.350. The van der Waals surface area contributed by atoms with Crippen LogP contribution >= 0.6 is 11.6 Å². The molecule has 206 valence electrons. The average Bonchev–Trinajstić information content (AvgIpc) is 3.24. The molecular formula is C23H29ClFN7O6. The van der Waals surface area contributed by atoms with Crippen LogP contribution in [0.2, 0.25) is 5.02 Å². The molecule has 4 N–H and O–H groups in total. The fourth-order valence-corrected chi connectivity index (χ4v) is 3.30. The first kappa shape index (κ1) is 30.0. The Morgan fingerprint density at radius 1 is 1.29 bits per heavy atom. The molecule has 0 aliphatic carbocycles. The van der Waals surface area contributed by atoms with Crippen LogP contribution in [0.15, 0.2) is 29.4 Å². The Labute approximate surface area is 223 Å². The summed E-state index contributed by atoms with van der Waals surface area (Å²) < 4.78 is 24.6. The summed E-state index contributed by atoms with van der Waals surface area (Å²) in [5, 5.41) is 8.72. The van der Waals surface area contributed by atoms with Crippen molar-refractivity contribution in [1.29, 1.82) is 0 Å². The first-order valence-electron chi connectivity index (χ1n) is 11.4. The van der Waals surface area contributed by atoms with Gasteiger partial charge < -0.3 is 25.4 Å². The minimum absolute atomic E-state index is 0.0660. The Balaban J connectivity index is 2.17. The molecule has 0 spiro atoms. The van der Waals surface area contributed by atoms with Crippen LogP contribution < -0.4 is 16.4 Å². The van der Waals surface area contributed by atoms with Gasteiger partial charge in [0, 0.05) is 24.3 Å². The Morgan fingerprint density at radius 2 is 2.00 bits per heavy atom. The van der Waals surface area contributed by atoms with Crippen LogP contribution in [0.5, 0.6) is 0 Å². The second-order valence-electron chi connectivity index (χ2n) is 8.00. The number of amides is 3. The lowest BCUT2D eigenvalue weighted by molar-refractivity contribution is -0.138. The first-order chi connectivity index (χ1) is 18.0. The molecule has 38 heavy (non-hydrogen) atoms. The SMILES string of the molecule is CCOC(=O)c1cn(CC(=O)N(CC(=O)NCc2cccc(Cl)c2F)C(C)C)nc1/N=C(\N)NC(=O)OC. The van der Waals surface area contributed by atoms with Crippen LogP contribution in [0.3, 0.4) is 0 Å². The van der Waals surface area contributed by atoms with E-state index in [2.05, 4.69) is 25.5 Å².